The summed E-state index contributed by atoms with van der Waals surface area (Å²) in [4.78, 5) is 13.7. The molecule has 0 aromatic carbocycles. The Kier molecular flexibility index (Phi) is 4.70. The summed E-state index contributed by atoms with van der Waals surface area (Å²) in [5.74, 6) is 0. The molecule has 0 unspecified atom stereocenters. The monoisotopic (exact) mass is 280 g/mol. The molecule has 1 aliphatic heterocycles. The number of carbonyl (C=O) groups excluding carboxylic acids is 1. The SMILES string of the molecule is CC(C)(C)OC(=O)N1CCC(NCc2ccoc2)CC1. The highest BCUT2D eigenvalue weighted by molar-refractivity contribution is 5.68. The first kappa shape index (κ1) is 14.9. The third-order valence-corrected chi connectivity index (χ3v) is 3.32. The summed E-state index contributed by atoms with van der Waals surface area (Å²) in [6.45, 7) is 7.99. The first-order valence-corrected chi connectivity index (χ1v) is 7.16. The summed E-state index contributed by atoms with van der Waals surface area (Å²) in [5.41, 5.74) is 0.729. The lowest BCUT2D eigenvalue weighted by atomic mass is 10.1. The first-order valence-electron chi connectivity index (χ1n) is 7.16. The number of hydrogen-bond acceptors (Lipinski definition) is 4. The van der Waals surface area contributed by atoms with Gasteiger partial charge in [0.1, 0.15) is 5.60 Å². The lowest BCUT2D eigenvalue weighted by Gasteiger charge is -2.33. The predicted molar refractivity (Wildman–Crippen MR) is 76.4 cm³/mol. The minimum Gasteiger partial charge on any atom is -0.472 e. The quantitative estimate of drug-likeness (QED) is 0.925. The van der Waals surface area contributed by atoms with Crippen LogP contribution in [-0.4, -0.2) is 35.7 Å². The highest BCUT2D eigenvalue weighted by Gasteiger charge is 2.26. The van der Waals surface area contributed by atoms with E-state index in [2.05, 4.69) is 5.32 Å². The van der Waals surface area contributed by atoms with Gasteiger partial charge >= 0.3 is 6.09 Å². The number of nitrogens with zero attached hydrogens (tertiary/aromatic N) is 1. The summed E-state index contributed by atoms with van der Waals surface area (Å²) < 4.78 is 10.4. The molecular formula is C15H24N2O3. The molecule has 1 aliphatic rings. The third-order valence-electron chi connectivity index (χ3n) is 3.32. The van der Waals surface area contributed by atoms with Crippen molar-refractivity contribution < 1.29 is 13.9 Å². The van der Waals surface area contributed by atoms with Gasteiger partial charge in [-0.15, -0.1) is 0 Å². The maximum atomic E-state index is 11.9. The van der Waals surface area contributed by atoms with E-state index in [1.807, 2.05) is 26.8 Å². The summed E-state index contributed by atoms with van der Waals surface area (Å²) in [6, 6.07) is 2.41. The number of nitrogens with one attached hydrogen (secondary N) is 1. The lowest BCUT2D eigenvalue weighted by molar-refractivity contribution is 0.0198. The highest BCUT2D eigenvalue weighted by atomic mass is 16.6. The Balaban J connectivity index is 1.71. The number of carbonyl (C=O) groups is 1. The van der Waals surface area contributed by atoms with Gasteiger partial charge in [0.05, 0.1) is 12.5 Å². The molecule has 0 spiro atoms. The van der Waals surface area contributed by atoms with Crippen LogP contribution in [-0.2, 0) is 11.3 Å². The van der Waals surface area contributed by atoms with Gasteiger partial charge in [0.25, 0.3) is 0 Å². The zero-order valence-corrected chi connectivity index (χ0v) is 12.5. The normalized spacial score (nSPS) is 17.2. The number of ether oxygens (including phenoxy) is 1. The topological polar surface area (TPSA) is 54.7 Å². The summed E-state index contributed by atoms with van der Waals surface area (Å²) in [7, 11) is 0. The van der Waals surface area contributed by atoms with Crippen LogP contribution in [0.25, 0.3) is 0 Å². The van der Waals surface area contributed by atoms with E-state index in [4.69, 9.17) is 9.15 Å². The second kappa shape index (κ2) is 6.31. The Bertz CT molecular complexity index is 415. The molecule has 1 aromatic heterocycles. The molecule has 0 aliphatic carbocycles. The van der Waals surface area contributed by atoms with E-state index < -0.39 is 5.60 Å². The number of hydrogen-bond donors (Lipinski definition) is 1. The summed E-state index contributed by atoms with van der Waals surface area (Å²) >= 11 is 0. The van der Waals surface area contributed by atoms with Gasteiger partial charge < -0.3 is 19.4 Å². The molecule has 20 heavy (non-hydrogen) atoms. The molecule has 0 radical (unpaired) electrons. The molecule has 2 rings (SSSR count). The number of likely N-dealkylation sites (tertiary alicyclic amines) is 1. The van der Waals surface area contributed by atoms with Gasteiger partial charge in [-0.3, -0.25) is 0 Å². The van der Waals surface area contributed by atoms with Gasteiger partial charge in [-0.2, -0.15) is 0 Å². The van der Waals surface area contributed by atoms with Crippen LogP contribution in [0.1, 0.15) is 39.2 Å². The van der Waals surface area contributed by atoms with E-state index in [-0.39, 0.29) is 6.09 Å². The maximum Gasteiger partial charge on any atom is 0.410 e. The van der Waals surface area contributed by atoms with E-state index in [0.717, 1.165) is 38.0 Å². The second-order valence-electron chi connectivity index (χ2n) is 6.25. The number of rotatable bonds is 3. The van der Waals surface area contributed by atoms with Crippen LogP contribution in [0, 0.1) is 0 Å². The molecule has 0 atom stereocenters. The Morgan fingerprint density at radius 2 is 2.15 bits per heavy atom. The van der Waals surface area contributed by atoms with E-state index >= 15 is 0 Å². The molecular weight excluding hydrogens is 256 g/mol. The second-order valence-corrected chi connectivity index (χ2v) is 6.25. The van der Waals surface area contributed by atoms with Crippen molar-refractivity contribution in [2.45, 2.75) is 51.8 Å². The van der Waals surface area contributed by atoms with Crippen molar-refractivity contribution in [3.63, 3.8) is 0 Å². The molecule has 1 fully saturated rings. The zero-order chi connectivity index (χ0) is 14.6. The highest BCUT2D eigenvalue weighted by Crippen LogP contribution is 2.15. The van der Waals surface area contributed by atoms with Crippen LogP contribution < -0.4 is 5.32 Å². The first-order chi connectivity index (χ1) is 9.44. The largest absolute Gasteiger partial charge is 0.472 e. The fraction of sp³-hybridized carbons (Fsp3) is 0.667. The summed E-state index contributed by atoms with van der Waals surface area (Å²) in [6.07, 6.45) is 5.14. The van der Waals surface area contributed by atoms with Gasteiger partial charge in [-0.25, -0.2) is 4.79 Å². The molecule has 5 nitrogen and oxygen atoms in total. The minimum absolute atomic E-state index is 0.203. The van der Waals surface area contributed by atoms with Crippen LogP contribution in [0.3, 0.4) is 0 Å². The lowest BCUT2D eigenvalue weighted by Crippen LogP contribution is -2.46. The van der Waals surface area contributed by atoms with E-state index in [1.165, 1.54) is 0 Å². The van der Waals surface area contributed by atoms with Gasteiger partial charge in [0.2, 0.25) is 0 Å². The average Bonchev–Trinajstić information content (AvgIpc) is 2.88. The van der Waals surface area contributed by atoms with Crippen molar-refractivity contribution in [2.75, 3.05) is 13.1 Å². The van der Waals surface area contributed by atoms with Gasteiger partial charge in [0, 0.05) is 31.2 Å². The predicted octanol–water partition coefficient (Wildman–Crippen LogP) is 2.77. The van der Waals surface area contributed by atoms with E-state index in [0.29, 0.717) is 6.04 Å². The molecule has 112 valence electrons. The molecule has 1 N–H and O–H groups in total. The molecule has 1 saturated heterocycles. The number of piperidine rings is 1. The molecule has 5 heteroatoms. The van der Waals surface area contributed by atoms with E-state index in [9.17, 15) is 4.79 Å². The van der Waals surface area contributed by atoms with Crippen molar-refractivity contribution in [2.24, 2.45) is 0 Å². The van der Waals surface area contributed by atoms with Gasteiger partial charge in [0.15, 0.2) is 0 Å². The Morgan fingerprint density at radius 3 is 2.70 bits per heavy atom. The molecule has 2 heterocycles. The zero-order valence-electron chi connectivity index (χ0n) is 12.5. The van der Waals surface area contributed by atoms with Crippen molar-refractivity contribution in [3.8, 4) is 0 Å². The Labute approximate surface area is 120 Å². The fourth-order valence-electron chi connectivity index (χ4n) is 2.25. The fourth-order valence-corrected chi connectivity index (χ4v) is 2.25. The number of furan rings is 1. The third kappa shape index (κ3) is 4.56. The van der Waals surface area contributed by atoms with Crippen molar-refractivity contribution in [3.05, 3.63) is 24.2 Å². The van der Waals surface area contributed by atoms with Crippen molar-refractivity contribution in [1.82, 2.24) is 10.2 Å². The average molecular weight is 280 g/mol. The van der Waals surface area contributed by atoms with E-state index in [1.54, 1.807) is 17.4 Å². The standard InChI is InChI=1S/C15H24N2O3/c1-15(2,3)20-14(18)17-7-4-13(5-8-17)16-10-12-6-9-19-11-12/h6,9,11,13,16H,4-5,7-8,10H2,1-3H3. The van der Waals surface area contributed by atoms with Crippen LogP contribution in [0.2, 0.25) is 0 Å². The maximum absolute atomic E-state index is 11.9. The van der Waals surface area contributed by atoms with Crippen LogP contribution in [0.5, 0.6) is 0 Å². The smallest absolute Gasteiger partial charge is 0.410 e. The Hall–Kier alpha value is -1.49. The molecule has 1 aromatic rings. The molecule has 0 saturated carbocycles. The van der Waals surface area contributed by atoms with Crippen LogP contribution in [0.4, 0.5) is 4.79 Å². The van der Waals surface area contributed by atoms with Crippen molar-refractivity contribution in [1.29, 1.82) is 0 Å². The van der Waals surface area contributed by atoms with Gasteiger partial charge in [-0.05, 0) is 39.7 Å². The molecule has 1 amide bonds. The Morgan fingerprint density at radius 1 is 1.45 bits per heavy atom. The molecule has 0 bridgehead atoms. The van der Waals surface area contributed by atoms with Crippen molar-refractivity contribution >= 4 is 6.09 Å². The van der Waals surface area contributed by atoms with Crippen LogP contribution in [0.15, 0.2) is 23.0 Å². The summed E-state index contributed by atoms with van der Waals surface area (Å²) in [5, 5.41) is 3.49. The number of amides is 1. The van der Waals surface area contributed by atoms with Crippen LogP contribution >= 0.6 is 0 Å². The van der Waals surface area contributed by atoms with Gasteiger partial charge in [-0.1, -0.05) is 0 Å². The minimum atomic E-state index is -0.423.